The first kappa shape index (κ1) is 21.3. The van der Waals surface area contributed by atoms with Crippen LogP contribution in [0.15, 0.2) is 47.0 Å². The molecule has 3 aliphatic rings. The average Bonchev–Trinajstić information content (AvgIpc) is 3.53. The summed E-state index contributed by atoms with van der Waals surface area (Å²) < 4.78 is 25.4. The van der Waals surface area contributed by atoms with Crippen LogP contribution in [-0.2, 0) is 9.47 Å². The number of hydrogen-bond donors (Lipinski definition) is 1. The number of carbonyl (C=O) groups excluding carboxylic acids is 2. The quantitative estimate of drug-likeness (QED) is 0.684. The van der Waals surface area contributed by atoms with E-state index in [-0.39, 0.29) is 19.7 Å². The lowest BCUT2D eigenvalue weighted by molar-refractivity contribution is 0.0963. The number of hydrogen-bond acceptors (Lipinski definition) is 10. The Morgan fingerprint density at radius 1 is 1.15 bits per heavy atom. The smallest absolute Gasteiger partial charge is 0.416 e. The molecule has 11 nitrogen and oxygen atoms in total. The lowest BCUT2D eigenvalue weighted by atomic mass is 10.1. The van der Waals surface area contributed by atoms with Crippen molar-refractivity contribution in [1.82, 2.24) is 9.99 Å². The number of anilines is 2. The molecule has 3 aliphatic heterocycles. The third-order valence-electron chi connectivity index (χ3n) is 5.29. The molecule has 4 heterocycles. The first-order valence-corrected chi connectivity index (χ1v) is 11.0. The summed E-state index contributed by atoms with van der Waals surface area (Å²) in [4.78, 5) is 31.7. The zero-order valence-corrected chi connectivity index (χ0v) is 18.0. The van der Waals surface area contributed by atoms with Crippen molar-refractivity contribution in [3.05, 3.63) is 42.5 Å². The van der Waals surface area contributed by atoms with Gasteiger partial charge in [0, 0.05) is 18.0 Å². The Kier molecular flexibility index (Phi) is 5.64. The molecule has 0 bridgehead atoms. The molecule has 1 aromatic carbocycles. The second kappa shape index (κ2) is 8.75. The summed E-state index contributed by atoms with van der Waals surface area (Å²) in [6.07, 6.45) is 2.73. The van der Waals surface area contributed by atoms with E-state index in [1.54, 1.807) is 23.3 Å². The van der Waals surface area contributed by atoms with Crippen molar-refractivity contribution >= 4 is 34.3 Å². The van der Waals surface area contributed by atoms with Crippen LogP contribution in [0.5, 0.6) is 0 Å². The molecule has 0 radical (unpaired) electrons. The standard InChI is InChI=1S/C20H19FN6O5S/c21-16-6-12(26-9-13(31-19(26)29)8-25-5-1-4-23-24-25)2-3-15(16)17-7-22-18(33-17)27-10-14(11-28)32-20(27)30/h1-4,6-7,13-14,28H,5,8-11H2. The molecule has 2 aromatic rings. The van der Waals surface area contributed by atoms with Gasteiger partial charge in [0.1, 0.15) is 18.0 Å². The van der Waals surface area contributed by atoms with Gasteiger partial charge in [0.05, 0.1) is 43.4 Å². The fourth-order valence-corrected chi connectivity index (χ4v) is 4.63. The highest BCUT2D eigenvalue weighted by Crippen LogP contribution is 2.36. The van der Waals surface area contributed by atoms with Crippen LogP contribution in [0.2, 0.25) is 0 Å². The predicted molar refractivity (Wildman–Crippen MR) is 115 cm³/mol. The summed E-state index contributed by atoms with van der Waals surface area (Å²) in [6.45, 7) is 1.12. The van der Waals surface area contributed by atoms with Crippen molar-refractivity contribution in [2.75, 3.05) is 42.6 Å². The van der Waals surface area contributed by atoms with Gasteiger partial charge in [-0.15, -0.1) is 5.11 Å². The molecule has 2 fully saturated rings. The fourth-order valence-electron chi connectivity index (χ4n) is 3.69. The van der Waals surface area contributed by atoms with E-state index in [9.17, 15) is 19.1 Å². The van der Waals surface area contributed by atoms with Gasteiger partial charge in [-0.05, 0) is 24.3 Å². The molecule has 5 rings (SSSR count). The van der Waals surface area contributed by atoms with Crippen LogP contribution in [0, 0.1) is 5.82 Å². The van der Waals surface area contributed by atoms with Crippen molar-refractivity contribution in [1.29, 1.82) is 0 Å². The van der Waals surface area contributed by atoms with Gasteiger partial charge in [-0.3, -0.25) is 9.91 Å². The summed E-state index contributed by atoms with van der Waals surface area (Å²) in [6, 6.07) is 4.47. The van der Waals surface area contributed by atoms with Crippen LogP contribution in [0.25, 0.3) is 10.4 Å². The number of amides is 2. The van der Waals surface area contributed by atoms with Crippen LogP contribution in [0.3, 0.4) is 0 Å². The lowest BCUT2D eigenvalue weighted by Gasteiger charge is -2.20. The van der Waals surface area contributed by atoms with E-state index in [2.05, 4.69) is 15.3 Å². The maximum absolute atomic E-state index is 15.0. The van der Waals surface area contributed by atoms with Crippen LogP contribution in [-0.4, -0.2) is 72.3 Å². The Labute approximate surface area is 191 Å². The van der Waals surface area contributed by atoms with Crippen LogP contribution >= 0.6 is 11.3 Å². The number of aromatic nitrogens is 1. The number of cyclic esters (lactones) is 2. The van der Waals surface area contributed by atoms with Crippen molar-refractivity contribution in [3.8, 4) is 10.4 Å². The van der Waals surface area contributed by atoms with Gasteiger partial charge in [-0.1, -0.05) is 16.6 Å². The number of ether oxygens (including phenoxy) is 2. The van der Waals surface area contributed by atoms with Crippen molar-refractivity contribution in [3.63, 3.8) is 0 Å². The summed E-state index contributed by atoms with van der Waals surface area (Å²) >= 11 is 1.13. The number of halogens is 1. The zero-order chi connectivity index (χ0) is 22.9. The summed E-state index contributed by atoms with van der Waals surface area (Å²) in [5, 5.41) is 19.0. The minimum Gasteiger partial charge on any atom is -0.442 e. The Bertz CT molecular complexity index is 1140. The van der Waals surface area contributed by atoms with Gasteiger partial charge in [0.2, 0.25) is 0 Å². The predicted octanol–water partition coefficient (Wildman–Crippen LogP) is 2.79. The van der Waals surface area contributed by atoms with Gasteiger partial charge >= 0.3 is 12.2 Å². The molecule has 33 heavy (non-hydrogen) atoms. The molecule has 2 saturated heterocycles. The third kappa shape index (κ3) is 4.24. The van der Waals surface area contributed by atoms with Crippen LogP contribution in [0.1, 0.15) is 0 Å². The normalized spacial score (nSPS) is 22.3. The molecular formula is C20H19FN6O5S. The van der Waals surface area contributed by atoms with Crippen molar-refractivity contribution in [2.45, 2.75) is 12.2 Å². The molecule has 0 aliphatic carbocycles. The van der Waals surface area contributed by atoms with E-state index in [0.29, 0.717) is 34.3 Å². The van der Waals surface area contributed by atoms with E-state index in [1.165, 1.54) is 22.1 Å². The molecule has 1 N–H and O–H groups in total. The number of nitrogens with zero attached hydrogens (tertiary/aromatic N) is 6. The Hall–Kier alpha value is -3.58. The number of rotatable bonds is 6. The highest BCUT2D eigenvalue weighted by atomic mass is 32.1. The maximum atomic E-state index is 15.0. The average molecular weight is 474 g/mol. The first-order valence-electron chi connectivity index (χ1n) is 10.2. The minimum absolute atomic E-state index is 0.178. The minimum atomic E-state index is -0.612. The van der Waals surface area contributed by atoms with E-state index >= 15 is 0 Å². The SMILES string of the molecule is O=C1OC(CN2CC=CN=N2)CN1c1ccc(-c2cnc(N3CC(CO)OC3=O)s2)c(F)c1. The Morgan fingerprint density at radius 2 is 1.94 bits per heavy atom. The van der Waals surface area contributed by atoms with Crippen LogP contribution < -0.4 is 9.80 Å². The monoisotopic (exact) mass is 474 g/mol. The number of thiazole rings is 1. The van der Waals surface area contributed by atoms with E-state index in [0.717, 1.165) is 11.3 Å². The van der Waals surface area contributed by atoms with E-state index < -0.39 is 30.2 Å². The van der Waals surface area contributed by atoms with Crippen molar-refractivity contribution in [2.24, 2.45) is 10.3 Å². The van der Waals surface area contributed by atoms with Crippen LogP contribution in [0.4, 0.5) is 24.8 Å². The maximum Gasteiger partial charge on any atom is 0.416 e. The molecule has 0 spiro atoms. The molecule has 1 aromatic heterocycles. The molecule has 2 atom stereocenters. The topological polar surface area (TPSA) is 120 Å². The number of benzene rings is 1. The first-order chi connectivity index (χ1) is 16.0. The summed E-state index contributed by atoms with van der Waals surface area (Å²) in [5.41, 5.74) is 0.668. The lowest BCUT2D eigenvalue weighted by Crippen LogP contribution is -2.32. The second-order valence-electron chi connectivity index (χ2n) is 7.55. The fraction of sp³-hybridized carbons (Fsp3) is 0.350. The molecule has 172 valence electrons. The molecule has 2 amide bonds. The van der Waals surface area contributed by atoms with Gasteiger partial charge in [-0.25, -0.2) is 23.9 Å². The summed E-state index contributed by atoms with van der Waals surface area (Å²) in [7, 11) is 0. The Balaban J connectivity index is 1.29. The van der Waals surface area contributed by atoms with Crippen molar-refractivity contribution < 1.29 is 28.6 Å². The number of aliphatic hydroxyl groups is 1. The Morgan fingerprint density at radius 3 is 2.67 bits per heavy atom. The largest absolute Gasteiger partial charge is 0.442 e. The third-order valence-corrected chi connectivity index (χ3v) is 6.34. The van der Waals surface area contributed by atoms with E-state index in [1.807, 2.05) is 6.08 Å². The van der Waals surface area contributed by atoms with Gasteiger partial charge in [0.15, 0.2) is 5.13 Å². The zero-order valence-electron chi connectivity index (χ0n) is 17.2. The number of carbonyl (C=O) groups is 2. The summed E-state index contributed by atoms with van der Waals surface area (Å²) in [5.74, 6) is -0.536. The van der Waals surface area contributed by atoms with E-state index in [4.69, 9.17) is 9.47 Å². The molecular weight excluding hydrogens is 455 g/mol. The highest BCUT2D eigenvalue weighted by Gasteiger charge is 2.35. The van der Waals surface area contributed by atoms with Gasteiger partial charge < -0.3 is 14.6 Å². The highest BCUT2D eigenvalue weighted by molar-refractivity contribution is 7.19. The molecule has 13 heteroatoms. The second-order valence-corrected chi connectivity index (χ2v) is 8.56. The molecule has 0 saturated carbocycles. The number of aliphatic hydroxyl groups excluding tert-OH is 1. The molecule has 2 unspecified atom stereocenters. The van der Waals surface area contributed by atoms with Gasteiger partial charge in [-0.2, -0.15) is 0 Å². The van der Waals surface area contributed by atoms with Gasteiger partial charge in [0.25, 0.3) is 0 Å².